The highest BCUT2D eigenvalue weighted by Crippen LogP contribution is 2.28. The van der Waals surface area contributed by atoms with Crippen molar-refractivity contribution in [2.24, 2.45) is 0 Å². The number of hydrogen-bond acceptors (Lipinski definition) is 2. The van der Waals surface area contributed by atoms with Gasteiger partial charge in [0.15, 0.2) is 0 Å². The first-order chi connectivity index (χ1) is 8.93. The van der Waals surface area contributed by atoms with E-state index in [2.05, 4.69) is 37.9 Å². The highest BCUT2D eigenvalue weighted by Gasteiger charge is 2.34. The summed E-state index contributed by atoms with van der Waals surface area (Å²) in [6.07, 6.45) is 1.11. The topological polar surface area (TPSA) is 15.3 Å². The minimum atomic E-state index is -0.146. The number of piperazine rings is 1. The zero-order chi connectivity index (χ0) is 14.0. The first-order valence-corrected chi connectivity index (χ1v) is 7.19. The average Bonchev–Trinajstić information content (AvgIpc) is 2.37. The molecule has 19 heavy (non-hydrogen) atoms. The predicted octanol–water partition coefficient (Wildman–Crippen LogP) is 3.35. The number of halogens is 1. The molecule has 0 bridgehead atoms. The fourth-order valence-corrected chi connectivity index (χ4v) is 2.94. The van der Waals surface area contributed by atoms with Crippen molar-refractivity contribution in [3.05, 3.63) is 35.6 Å². The van der Waals surface area contributed by atoms with E-state index < -0.39 is 0 Å². The Morgan fingerprint density at radius 3 is 2.84 bits per heavy atom. The molecule has 0 saturated carbocycles. The Hall–Kier alpha value is -0.930. The molecule has 0 radical (unpaired) electrons. The molecule has 0 aromatic heterocycles. The molecule has 2 nitrogen and oxygen atoms in total. The fraction of sp³-hybridized carbons (Fsp3) is 0.625. The molecule has 1 aromatic rings. The van der Waals surface area contributed by atoms with E-state index in [1.807, 2.05) is 6.07 Å². The third-order valence-electron chi connectivity index (χ3n) is 4.16. The van der Waals surface area contributed by atoms with E-state index >= 15 is 0 Å². The van der Waals surface area contributed by atoms with E-state index in [1.165, 1.54) is 6.07 Å². The molecule has 1 heterocycles. The molecule has 106 valence electrons. The van der Waals surface area contributed by atoms with Crippen LogP contribution in [-0.4, -0.2) is 29.6 Å². The average molecular weight is 264 g/mol. The molecule has 0 amide bonds. The lowest BCUT2D eigenvalue weighted by atomic mass is 9.94. The van der Waals surface area contributed by atoms with Crippen molar-refractivity contribution in [3.63, 3.8) is 0 Å². The van der Waals surface area contributed by atoms with Crippen molar-refractivity contribution < 1.29 is 4.39 Å². The van der Waals surface area contributed by atoms with Gasteiger partial charge < -0.3 is 5.32 Å². The normalized spacial score (nSPS) is 25.2. The van der Waals surface area contributed by atoms with Crippen LogP contribution in [0.3, 0.4) is 0 Å². The molecule has 1 aromatic carbocycles. The van der Waals surface area contributed by atoms with Crippen LogP contribution in [0.25, 0.3) is 0 Å². The summed E-state index contributed by atoms with van der Waals surface area (Å²) < 4.78 is 13.4. The molecular weight excluding hydrogens is 239 g/mol. The van der Waals surface area contributed by atoms with E-state index in [1.54, 1.807) is 12.1 Å². The smallest absolute Gasteiger partial charge is 0.123 e. The van der Waals surface area contributed by atoms with Crippen molar-refractivity contribution in [1.29, 1.82) is 0 Å². The molecule has 0 spiro atoms. The highest BCUT2D eigenvalue weighted by molar-refractivity contribution is 5.20. The summed E-state index contributed by atoms with van der Waals surface area (Å²) in [6.45, 7) is 10.8. The molecule has 3 heteroatoms. The Balaban J connectivity index is 2.21. The Morgan fingerprint density at radius 2 is 2.21 bits per heavy atom. The van der Waals surface area contributed by atoms with Gasteiger partial charge in [-0.3, -0.25) is 4.90 Å². The number of nitrogens with one attached hydrogen (secondary N) is 1. The molecule has 0 aliphatic carbocycles. The number of nitrogens with zero attached hydrogens (tertiary/aromatic N) is 1. The Kier molecular flexibility index (Phi) is 4.26. The van der Waals surface area contributed by atoms with Gasteiger partial charge in [-0.25, -0.2) is 4.39 Å². The minimum absolute atomic E-state index is 0.118. The van der Waals surface area contributed by atoms with Crippen LogP contribution in [0, 0.1) is 5.82 Å². The predicted molar refractivity (Wildman–Crippen MR) is 77.7 cm³/mol. The van der Waals surface area contributed by atoms with Gasteiger partial charge in [-0.05, 0) is 44.9 Å². The van der Waals surface area contributed by atoms with Crippen molar-refractivity contribution in [3.8, 4) is 0 Å². The first-order valence-electron chi connectivity index (χ1n) is 7.19. The molecule has 1 fully saturated rings. The van der Waals surface area contributed by atoms with Gasteiger partial charge in [-0.1, -0.05) is 19.1 Å². The molecule has 2 atom stereocenters. The highest BCUT2D eigenvalue weighted by atomic mass is 19.1. The molecule has 1 saturated heterocycles. The van der Waals surface area contributed by atoms with Gasteiger partial charge in [0.25, 0.3) is 0 Å². The van der Waals surface area contributed by atoms with Crippen molar-refractivity contribution in [2.75, 3.05) is 13.1 Å². The SMILES string of the molecule is CCC1CNC(C)(C)CN1C(C)c1cccc(F)c1. The second-order valence-corrected chi connectivity index (χ2v) is 6.23. The third-order valence-corrected chi connectivity index (χ3v) is 4.16. The summed E-state index contributed by atoms with van der Waals surface area (Å²) >= 11 is 0. The minimum Gasteiger partial charge on any atom is -0.309 e. The second kappa shape index (κ2) is 5.59. The first kappa shape index (κ1) is 14.5. The van der Waals surface area contributed by atoms with Crippen LogP contribution in [0.5, 0.6) is 0 Å². The van der Waals surface area contributed by atoms with Crippen LogP contribution in [0.1, 0.15) is 45.7 Å². The van der Waals surface area contributed by atoms with Gasteiger partial charge in [0, 0.05) is 30.7 Å². The largest absolute Gasteiger partial charge is 0.309 e. The van der Waals surface area contributed by atoms with Crippen molar-refractivity contribution in [1.82, 2.24) is 10.2 Å². The molecule has 1 aliphatic rings. The molecule has 1 N–H and O–H groups in total. The number of benzene rings is 1. The maximum atomic E-state index is 13.4. The Morgan fingerprint density at radius 1 is 1.47 bits per heavy atom. The second-order valence-electron chi connectivity index (χ2n) is 6.23. The zero-order valence-corrected chi connectivity index (χ0v) is 12.4. The maximum Gasteiger partial charge on any atom is 0.123 e. The summed E-state index contributed by atoms with van der Waals surface area (Å²) in [7, 11) is 0. The molecular formula is C16H25FN2. The van der Waals surface area contributed by atoms with E-state index in [-0.39, 0.29) is 17.4 Å². The van der Waals surface area contributed by atoms with Crippen LogP contribution in [0.15, 0.2) is 24.3 Å². The van der Waals surface area contributed by atoms with E-state index in [9.17, 15) is 4.39 Å². The van der Waals surface area contributed by atoms with Gasteiger partial charge in [-0.15, -0.1) is 0 Å². The van der Waals surface area contributed by atoms with Crippen molar-refractivity contribution >= 4 is 0 Å². The van der Waals surface area contributed by atoms with E-state index in [0.717, 1.165) is 25.1 Å². The zero-order valence-electron chi connectivity index (χ0n) is 12.4. The third kappa shape index (κ3) is 3.34. The van der Waals surface area contributed by atoms with Crippen LogP contribution in [0.2, 0.25) is 0 Å². The van der Waals surface area contributed by atoms with Crippen LogP contribution in [-0.2, 0) is 0 Å². The maximum absolute atomic E-state index is 13.4. The van der Waals surface area contributed by atoms with Gasteiger partial charge in [0.2, 0.25) is 0 Å². The molecule has 2 unspecified atom stereocenters. The van der Waals surface area contributed by atoms with Crippen LogP contribution in [0.4, 0.5) is 4.39 Å². The summed E-state index contributed by atoms with van der Waals surface area (Å²) in [5, 5.41) is 3.59. The lowest BCUT2D eigenvalue weighted by Crippen LogP contribution is -2.61. The number of hydrogen-bond donors (Lipinski definition) is 1. The lowest BCUT2D eigenvalue weighted by molar-refractivity contribution is 0.0579. The Bertz CT molecular complexity index is 431. The summed E-state index contributed by atoms with van der Waals surface area (Å²) in [5.41, 5.74) is 1.18. The van der Waals surface area contributed by atoms with E-state index in [4.69, 9.17) is 0 Å². The van der Waals surface area contributed by atoms with Gasteiger partial charge in [-0.2, -0.15) is 0 Å². The Labute approximate surface area is 116 Å². The van der Waals surface area contributed by atoms with Crippen LogP contribution < -0.4 is 5.32 Å². The monoisotopic (exact) mass is 264 g/mol. The fourth-order valence-electron chi connectivity index (χ4n) is 2.94. The summed E-state index contributed by atoms with van der Waals surface area (Å²) in [5.74, 6) is -0.146. The standard InChI is InChI=1S/C16H25FN2/c1-5-15-10-18-16(3,4)11-19(15)12(2)13-7-6-8-14(17)9-13/h6-9,12,15,18H,5,10-11H2,1-4H3. The number of rotatable bonds is 3. The van der Waals surface area contributed by atoms with E-state index in [0.29, 0.717) is 6.04 Å². The molecule has 2 rings (SSSR count). The molecule has 1 aliphatic heterocycles. The summed E-state index contributed by atoms with van der Waals surface area (Å²) in [6, 6.07) is 7.76. The summed E-state index contributed by atoms with van der Waals surface area (Å²) in [4.78, 5) is 2.51. The van der Waals surface area contributed by atoms with Gasteiger partial charge in [0.05, 0.1) is 0 Å². The van der Waals surface area contributed by atoms with Crippen LogP contribution >= 0.6 is 0 Å². The van der Waals surface area contributed by atoms with Crippen molar-refractivity contribution in [2.45, 2.75) is 51.7 Å². The van der Waals surface area contributed by atoms with Gasteiger partial charge in [0.1, 0.15) is 5.82 Å². The van der Waals surface area contributed by atoms with Gasteiger partial charge >= 0.3 is 0 Å². The quantitative estimate of drug-likeness (QED) is 0.900. The lowest BCUT2D eigenvalue weighted by Gasteiger charge is -2.47.